The summed E-state index contributed by atoms with van der Waals surface area (Å²) in [7, 11) is 1.49. The Balaban J connectivity index is 1.86. The molecule has 1 N–H and O–H groups in total. The number of likely N-dealkylation sites (N-methyl/N-ethyl adjacent to an activating group) is 1. The monoisotopic (exact) mass is 420 g/mol. The number of carbonyl (C=O) groups is 2. The molecule has 0 radical (unpaired) electrons. The van der Waals surface area contributed by atoms with Gasteiger partial charge in [0.25, 0.3) is 5.91 Å². The summed E-state index contributed by atoms with van der Waals surface area (Å²) >= 11 is 12.5. The van der Waals surface area contributed by atoms with Gasteiger partial charge in [-0.3, -0.25) is 9.69 Å². The van der Waals surface area contributed by atoms with Crippen molar-refractivity contribution in [1.29, 1.82) is 0 Å². The maximum Gasteiger partial charge on any atom is 0.328 e. The highest BCUT2D eigenvalue weighted by Gasteiger charge is 2.32. The van der Waals surface area contributed by atoms with E-state index in [2.05, 4.69) is 5.32 Å². The zero-order chi connectivity index (χ0) is 20.3. The molecule has 0 bridgehead atoms. The van der Waals surface area contributed by atoms with Crippen molar-refractivity contribution in [2.45, 2.75) is 13.5 Å². The Bertz CT molecular complexity index is 959. The lowest BCUT2D eigenvalue weighted by atomic mass is 10.1. The zero-order valence-electron chi connectivity index (χ0n) is 15.3. The molecule has 1 saturated heterocycles. The number of hydrogen-bond donors (Lipinski definition) is 1. The Morgan fingerprint density at radius 3 is 2.54 bits per heavy atom. The lowest BCUT2D eigenvalue weighted by Gasteiger charge is -2.14. The molecule has 0 spiro atoms. The van der Waals surface area contributed by atoms with E-state index in [0.717, 1.165) is 10.5 Å². The fourth-order valence-corrected chi connectivity index (χ4v) is 3.22. The van der Waals surface area contributed by atoms with Crippen LogP contribution in [0.25, 0.3) is 6.08 Å². The topological polar surface area (TPSA) is 67.9 Å². The first-order valence-electron chi connectivity index (χ1n) is 8.52. The van der Waals surface area contributed by atoms with Gasteiger partial charge in [-0.1, -0.05) is 41.4 Å². The van der Waals surface area contributed by atoms with Crippen LogP contribution >= 0.6 is 23.2 Å². The largest absolute Gasteiger partial charge is 0.493 e. The normalized spacial score (nSPS) is 15.1. The van der Waals surface area contributed by atoms with Crippen LogP contribution in [0.1, 0.15) is 18.1 Å². The molecule has 8 heteroatoms. The molecule has 1 aliphatic heterocycles. The molecule has 146 valence electrons. The average molecular weight is 421 g/mol. The molecule has 3 rings (SSSR count). The maximum absolute atomic E-state index is 12.2. The molecule has 6 nitrogen and oxygen atoms in total. The van der Waals surface area contributed by atoms with Crippen molar-refractivity contribution in [3.63, 3.8) is 0 Å². The van der Waals surface area contributed by atoms with E-state index < -0.39 is 6.03 Å². The van der Waals surface area contributed by atoms with E-state index >= 15 is 0 Å². The van der Waals surface area contributed by atoms with Crippen molar-refractivity contribution in [1.82, 2.24) is 10.2 Å². The summed E-state index contributed by atoms with van der Waals surface area (Å²) in [6.45, 7) is 2.24. The van der Waals surface area contributed by atoms with E-state index in [1.807, 2.05) is 18.2 Å². The number of nitrogens with zero attached hydrogens (tertiary/aromatic N) is 1. The van der Waals surface area contributed by atoms with Crippen LogP contribution in [0.15, 0.2) is 42.1 Å². The van der Waals surface area contributed by atoms with E-state index in [0.29, 0.717) is 33.7 Å². The van der Waals surface area contributed by atoms with Gasteiger partial charge in [-0.25, -0.2) is 4.79 Å². The fourth-order valence-electron chi connectivity index (χ4n) is 2.75. The zero-order valence-corrected chi connectivity index (χ0v) is 16.8. The molecular formula is C20H18Cl2N2O4. The summed E-state index contributed by atoms with van der Waals surface area (Å²) in [6.07, 6.45) is 1.54. The molecule has 3 amide bonds. The number of nitrogens with one attached hydrogen (secondary N) is 1. The molecule has 1 heterocycles. The minimum Gasteiger partial charge on any atom is -0.493 e. The van der Waals surface area contributed by atoms with Crippen molar-refractivity contribution in [3.8, 4) is 11.5 Å². The number of urea groups is 1. The van der Waals surface area contributed by atoms with Crippen LogP contribution in [-0.4, -0.2) is 30.5 Å². The Hall–Kier alpha value is -2.70. The third-order valence-electron chi connectivity index (χ3n) is 4.17. The van der Waals surface area contributed by atoms with Crippen molar-refractivity contribution in [2.24, 2.45) is 0 Å². The Morgan fingerprint density at radius 2 is 1.89 bits per heavy atom. The first kappa shape index (κ1) is 20.0. The molecule has 0 atom stereocenters. The summed E-state index contributed by atoms with van der Waals surface area (Å²) in [5.74, 6) is 0.375. The van der Waals surface area contributed by atoms with Crippen molar-refractivity contribution < 1.29 is 19.1 Å². The number of ether oxygens (including phenoxy) is 2. The second kappa shape index (κ2) is 8.54. The molecule has 1 aliphatic rings. The van der Waals surface area contributed by atoms with Gasteiger partial charge in [0.2, 0.25) is 0 Å². The van der Waals surface area contributed by atoms with E-state index in [9.17, 15) is 9.59 Å². The van der Waals surface area contributed by atoms with Crippen LogP contribution < -0.4 is 14.8 Å². The number of benzene rings is 2. The summed E-state index contributed by atoms with van der Waals surface area (Å²) in [6, 6.07) is 10.2. The molecule has 2 aromatic carbocycles. The number of hydrogen-bond acceptors (Lipinski definition) is 4. The maximum atomic E-state index is 12.2. The summed E-state index contributed by atoms with van der Waals surface area (Å²) < 4.78 is 11.2. The number of carbonyl (C=O) groups excluding carboxylic acids is 2. The van der Waals surface area contributed by atoms with Crippen LogP contribution in [0, 0.1) is 0 Å². The fraction of sp³-hybridized carbons (Fsp3) is 0.200. The molecular weight excluding hydrogens is 403 g/mol. The van der Waals surface area contributed by atoms with Gasteiger partial charge >= 0.3 is 6.03 Å². The third-order valence-corrected chi connectivity index (χ3v) is 4.82. The smallest absolute Gasteiger partial charge is 0.328 e. The SMILES string of the molecule is CCN1C(=O)N/C(=C/c2cc(Cl)c(OCc3ccccc3Cl)c(OC)c2)C1=O. The number of amides is 3. The summed E-state index contributed by atoms with van der Waals surface area (Å²) in [5, 5.41) is 3.45. The minimum atomic E-state index is -0.448. The standard InChI is InChI=1S/C20H18Cl2N2O4/c1-3-24-19(25)16(23-20(24)26)9-12-8-15(22)18(17(10-12)27-2)28-11-13-6-4-5-7-14(13)21/h4-10H,3,11H2,1-2H3,(H,23,26)/b16-9+. The van der Waals surface area contributed by atoms with Crippen LogP contribution in [0.4, 0.5) is 4.79 Å². The highest BCUT2D eigenvalue weighted by Crippen LogP contribution is 2.38. The number of halogens is 2. The van der Waals surface area contributed by atoms with Crippen LogP contribution in [0.2, 0.25) is 10.0 Å². The lowest BCUT2D eigenvalue weighted by Crippen LogP contribution is -2.30. The van der Waals surface area contributed by atoms with Crippen molar-refractivity contribution >= 4 is 41.2 Å². The van der Waals surface area contributed by atoms with Gasteiger partial charge in [0, 0.05) is 17.1 Å². The van der Waals surface area contributed by atoms with Gasteiger partial charge < -0.3 is 14.8 Å². The van der Waals surface area contributed by atoms with Gasteiger partial charge in [0.05, 0.1) is 12.1 Å². The molecule has 2 aromatic rings. The predicted octanol–water partition coefficient (Wildman–Crippen LogP) is 4.49. The predicted molar refractivity (Wildman–Crippen MR) is 108 cm³/mol. The number of imide groups is 1. The van der Waals surface area contributed by atoms with Crippen LogP contribution in [0.3, 0.4) is 0 Å². The van der Waals surface area contributed by atoms with Gasteiger partial charge in [-0.05, 0) is 36.8 Å². The Morgan fingerprint density at radius 1 is 1.14 bits per heavy atom. The second-order valence-electron chi connectivity index (χ2n) is 5.95. The molecule has 28 heavy (non-hydrogen) atoms. The van der Waals surface area contributed by atoms with Crippen molar-refractivity contribution in [3.05, 3.63) is 63.3 Å². The highest BCUT2D eigenvalue weighted by atomic mass is 35.5. The Labute approximate surface area is 172 Å². The molecule has 1 fully saturated rings. The molecule has 0 unspecified atom stereocenters. The molecule has 0 aliphatic carbocycles. The van der Waals surface area contributed by atoms with Crippen LogP contribution in [-0.2, 0) is 11.4 Å². The first-order valence-corrected chi connectivity index (χ1v) is 9.28. The quantitative estimate of drug-likeness (QED) is 0.551. The number of rotatable bonds is 6. The van der Waals surface area contributed by atoms with Crippen molar-refractivity contribution in [2.75, 3.05) is 13.7 Å². The Kier molecular flexibility index (Phi) is 6.11. The first-order chi connectivity index (χ1) is 13.4. The van der Waals surface area contributed by atoms with Gasteiger partial charge in [0.15, 0.2) is 11.5 Å². The van der Waals surface area contributed by atoms with E-state index in [4.69, 9.17) is 32.7 Å². The van der Waals surface area contributed by atoms with Gasteiger partial charge in [-0.15, -0.1) is 0 Å². The van der Waals surface area contributed by atoms with E-state index in [-0.39, 0.29) is 18.2 Å². The highest BCUT2D eigenvalue weighted by molar-refractivity contribution is 6.32. The molecule has 0 aromatic heterocycles. The van der Waals surface area contributed by atoms with Crippen LogP contribution in [0.5, 0.6) is 11.5 Å². The second-order valence-corrected chi connectivity index (χ2v) is 6.77. The summed E-state index contributed by atoms with van der Waals surface area (Å²) in [5.41, 5.74) is 1.58. The third kappa shape index (κ3) is 4.08. The molecule has 0 saturated carbocycles. The number of methoxy groups -OCH3 is 1. The van der Waals surface area contributed by atoms with Gasteiger partial charge in [-0.2, -0.15) is 0 Å². The average Bonchev–Trinajstić information content (AvgIpc) is 2.94. The lowest BCUT2D eigenvalue weighted by molar-refractivity contribution is -0.122. The van der Waals surface area contributed by atoms with E-state index in [1.54, 1.807) is 31.2 Å². The van der Waals surface area contributed by atoms with Gasteiger partial charge in [0.1, 0.15) is 12.3 Å². The summed E-state index contributed by atoms with van der Waals surface area (Å²) in [4.78, 5) is 25.1. The van der Waals surface area contributed by atoms with E-state index in [1.165, 1.54) is 7.11 Å². The minimum absolute atomic E-state index is 0.176.